The summed E-state index contributed by atoms with van der Waals surface area (Å²) in [7, 11) is 3.52. The second-order valence-corrected chi connectivity index (χ2v) is 4.31. The normalized spacial score (nSPS) is 12.9. The standard InChI is InChI=1S/C9H17N3OS/c1-4-14-6-7(10)9-8(13-3)5-11-12(9)2/h5,7H,4,6,10H2,1-3H3. The monoisotopic (exact) mass is 215 g/mol. The van der Waals surface area contributed by atoms with E-state index < -0.39 is 0 Å². The number of aromatic nitrogens is 2. The minimum absolute atomic E-state index is 0.0117. The number of nitrogens with two attached hydrogens (primary N) is 1. The van der Waals surface area contributed by atoms with Gasteiger partial charge in [0.15, 0.2) is 5.75 Å². The van der Waals surface area contributed by atoms with Gasteiger partial charge in [-0.15, -0.1) is 0 Å². The van der Waals surface area contributed by atoms with Gasteiger partial charge in [0, 0.05) is 12.8 Å². The molecule has 0 aromatic carbocycles. The molecule has 1 aromatic heterocycles. The average molecular weight is 215 g/mol. The number of rotatable bonds is 5. The largest absolute Gasteiger partial charge is 0.493 e. The lowest BCUT2D eigenvalue weighted by Crippen LogP contribution is -2.18. The fraction of sp³-hybridized carbons (Fsp3) is 0.667. The first-order valence-corrected chi connectivity index (χ1v) is 5.75. The van der Waals surface area contributed by atoms with E-state index in [9.17, 15) is 0 Å². The van der Waals surface area contributed by atoms with Crippen molar-refractivity contribution < 1.29 is 4.74 Å². The van der Waals surface area contributed by atoms with Crippen molar-refractivity contribution in [3.8, 4) is 5.75 Å². The molecule has 1 atom stereocenters. The fourth-order valence-corrected chi connectivity index (χ4v) is 1.98. The Balaban J connectivity index is 2.76. The van der Waals surface area contributed by atoms with Gasteiger partial charge in [0.05, 0.1) is 25.0 Å². The van der Waals surface area contributed by atoms with Crippen molar-refractivity contribution in [3.63, 3.8) is 0 Å². The van der Waals surface area contributed by atoms with Crippen molar-refractivity contribution in [2.75, 3.05) is 18.6 Å². The van der Waals surface area contributed by atoms with Crippen LogP contribution in [0.4, 0.5) is 0 Å². The molecule has 2 N–H and O–H groups in total. The van der Waals surface area contributed by atoms with Crippen LogP contribution in [-0.2, 0) is 7.05 Å². The number of nitrogens with zero attached hydrogens (tertiary/aromatic N) is 2. The zero-order valence-electron chi connectivity index (χ0n) is 8.86. The number of thioether (sulfide) groups is 1. The molecule has 0 spiro atoms. The SMILES string of the molecule is CCSCC(N)c1c(OC)cnn1C. The lowest BCUT2D eigenvalue weighted by Gasteiger charge is -2.12. The summed E-state index contributed by atoms with van der Waals surface area (Å²) in [6.45, 7) is 2.12. The van der Waals surface area contributed by atoms with E-state index in [1.807, 2.05) is 18.8 Å². The second-order valence-electron chi connectivity index (χ2n) is 2.99. The van der Waals surface area contributed by atoms with Crippen molar-refractivity contribution in [2.45, 2.75) is 13.0 Å². The van der Waals surface area contributed by atoms with Crippen LogP contribution in [0.1, 0.15) is 18.7 Å². The van der Waals surface area contributed by atoms with Gasteiger partial charge in [-0.2, -0.15) is 16.9 Å². The summed E-state index contributed by atoms with van der Waals surface area (Å²) in [5.41, 5.74) is 7.01. The van der Waals surface area contributed by atoms with Crippen molar-refractivity contribution in [3.05, 3.63) is 11.9 Å². The Kier molecular flexibility index (Phi) is 4.28. The third-order valence-electron chi connectivity index (χ3n) is 2.02. The molecule has 4 nitrogen and oxygen atoms in total. The third-order valence-corrected chi connectivity index (χ3v) is 3.03. The quantitative estimate of drug-likeness (QED) is 0.801. The summed E-state index contributed by atoms with van der Waals surface area (Å²) in [6.07, 6.45) is 1.70. The van der Waals surface area contributed by atoms with E-state index in [0.29, 0.717) is 0 Å². The second kappa shape index (κ2) is 5.26. The van der Waals surface area contributed by atoms with E-state index in [0.717, 1.165) is 22.9 Å². The van der Waals surface area contributed by atoms with E-state index in [2.05, 4.69) is 12.0 Å². The molecule has 1 rings (SSSR count). The van der Waals surface area contributed by atoms with Crippen LogP contribution in [0, 0.1) is 0 Å². The van der Waals surface area contributed by atoms with E-state index in [1.165, 1.54) is 0 Å². The summed E-state index contributed by atoms with van der Waals surface area (Å²) < 4.78 is 6.97. The molecule has 0 aliphatic rings. The molecule has 0 fully saturated rings. The van der Waals surface area contributed by atoms with Gasteiger partial charge in [0.1, 0.15) is 0 Å². The Morgan fingerprint density at radius 3 is 3.00 bits per heavy atom. The van der Waals surface area contributed by atoms with Gasteiger partial charge in [-0.05, 0) is 5.75 Å². The molecular formula is C9H17N3OS. The number of methoxy groups -OCH3 is 1. The maximum atomic E-state index is 6.04. The van der Waals surface area contributed by atoms with Crippen LogP contribution in [0.15, 0.2) is 6.20 Å². The van der Waals surface area contributed by atoms with E-state index in [-0.39, 0.29) is 6.04 Å². The number of aryl methyl sites for hydroxylation is 1. The Labute approximate surface area is 88.8 Å². The lowest BCUT2D eigenvalue weighted by atomic mass is 10.2. The molecule has 0 aliphatic heterocycles. The maximum absolute atomic E-state index is 6.04. The van der Waals surface area contributed by atoms with Gasteiger partial charge in [0.25, 0.3) is 0 Å². The maximum Gasteiger partial charge on any atom is 0.161 e. The molecule has 0 saturated carbocycles. The Hall–Kier alpha value is -0.680. The molecule has 14 heavy (non-hydrogen) atoms. The van der Waals surface area contributed by atoms with Gasteiger partial charge in [-0.1, -0.05) is 6.92 Å². The van der Waals surface area contributed by atoms with Gasteiger partial charge in [0.2, 0.25) is 0 Å². The minimum atomic E-state index is -0.0117. The Morgan fingerprint density at radius 2 is 2.43 bits per heavy atom. The average Bonchev–Trinajstić information content (AvgIpc) is 2.56. The topological polar surface area (TPSA) is 53.1 Å². The number of hydrogen-bond acceptors (Lipinski definition) is 4. The summed E-state index contributed by atoms with van der Waals surface area (Å²) in [5.74, 6) is 2.75. The highest BCUT2D eigenvalue weighted by Gasteiger charge is 2.16. The summed E-state index contributed by atoms with van der Waals surface area (Å²) >= 11 is 1.82. The van der Waals surface area contributed by atoms with Crippen molar-refractivity contribution in [2.24, 2.45) is 12.8 Å². The van der Waals surface area contributed by atoms with Crippen molar-refractivity contribution in [1.29, 1.82) is 0 Å². The third kappa shape index (κ3) is 2.42. The molecule has 5 heteroatoms. The molecule has 0 amide bonds. The smallest absolute Gasteiger partial charge is 0.161 e. The molecule has 1 heterocycles. The highest BCUT2D eigenvalue weighted by atomic mass is 32.2. The zero-order valence-corrected chi connectivity index (χ0v) is 9.67. The van der Waals surface area contributed by atoms with Crippen LogP contribution in [0.25, 0.3) is 0 Å². The first-order valence-electron chi connectivity index (χ1n) is 4.59. The summed E-state index contributed by atoms with van der Waals surface area (Å²) in [5, 5.41) is 4.12. The van der Waals surface area contributed by atoms with Gasteiger partial charge in [-0.3, -0.25) is 4.68 Å². The highest BCUT2D eigenvalue weighted by molar-refractivity contribution is 7.99. The first kappa shape index (κ1) is 11.4. The Bertz CT molecular complexity index is 288. The molecule has 0 bridgehead atoms. The van der Waals surface area contributed by atoms with E-state index in [4.69, 9.17) is 10.5 Å². The molecular weight excluding hydrogens is 198 g/mol. The number of hydrogen-bond donors (Lipinski definition) is 1. The minimum Gasteiger partial charge on any atom is -0.493 e. The van der Waals surface area contributed by atoms with Crippen LogP contribution >= 0.6 is 11.8 Å². The molecule has 80 valence electrons. The fourth-order valence-electron chi connectivity index (χ4n) is 1.33. The summed E-state index contributed by atoms with van der Waals surface area (Å²) in [6, 6.07) is -0.0117. The van der Waals surface area contributed by atoms with Crippen molar-refractivity contribution >= 4 is 11.8 Å². The predicted octanol–water partition coefficient (Wildman–Crippen LogP) is 1.18. The molecule has 0 saturated heterocycles. The van der Waals surface area contributed by atoms with Crippen LogP contribution in [-0.4, -0.2) is 28.4 Å². The summed E-state index contributed by atoms with van der Waals surface area (Å²) in [4.78, 5) is 0. The molecule has 0 radical (unpaired) electrons. The lowest BCUT2D eigenvalue weighted by molar-refractivity contribution is 0.405. The first-order chi connectivity index (χ1) is 6.70. The van der Waals surface area contributed by atoms with E-state index in [1.54, 1.807) is 18.0 Å². The van der Waals surface area contributed by atoms with Crippen LogP contribution in [0.5, 0.6) is 5.75 Å². The van der Waals surface area contributed by atoms with E-state index >= 15 is 0 Å². The van der Waals surface area contributed by atoms with Crippen LogP contribution in [0.2, 0.25) is 0 Å². The van der Waals surface area contributed by atoms with Crippen LogP contribution < -0.4 is 10.5 Å². The van der Waals surface area contributed by atoms with Gasteiger partial charge < -0.3 is 10.5 Å². The van der Waals surface area contributed by atoms with Crippen molar-refractivity contribution in [1.82, 2.24) is 9.78 Å². The zero-order chi connectivity index (χ0) is 10.6. The van der Waals surface area contributed by atoms with Gasteiger partial charge in [-0.25, -0.2) is 0 Å². The van der Waals surface area contributed by atoms with Crippen LogP contribution in [0.3, 0.4) is 0 Å². The number of ether oxygens (including phenoxy) is 1. The predicted molar refractivity (Wildman–Crippen MR) is 59.7 cm³/mol. The molecule has 0 aliphatic carbocycles. The molecule has 1 aromatic rings. The highest BCUT2D eigenvalue weighted by Crippen LogP contribution is 2.24. The molecule has 1 unspecified atom stereocenters. The Morgan fingerprint density at radius 1 is 1.71 bits per heavy atom. The van der Waals surface area contributed by atoms with Gasteiger partial charge >= 0.3 is 0 Å².